The van der Waals surface area contributed by atoms with Crippen molar-refractivity contribution in [2.45, 2.75) is 38.3 Å². The van der Waals surface area contributed by atoms with Gasteiger partial charge in [-0.3, -0.25) is 4.79 Å². The van der Waals surface area contributed by atoms with Crippen LogP contribution in [0.25, 0.3) is 0 Å². The number of piperidine rings is 1. The number of likely N-dealkylation sites (tertiary alicyclic amines) is 1. The predicted octanol–water partition coefficient (Wildman–Crippen LogP) is 4.03. The number of carbonyl (C=O) groups is 2. The average molecular weight is 417 g/mol. The highest BCUT2D eigenvalue weighted by molar-refractivity contribution is 5.89. The largest absolute Gasteiger partial charge is 0.435 e. The lowest BCUT2D eigenvalue weighted by atomic mass is 10.0. The first-order valence-corrected chi connectivity index (χ1v) is 9.93. The third-order valence-corrected chi connectivity index (χ3v) is 4.94. The molecule has 8 heteroatoms. The molecule has 160 valence electrons. The zero-order valence-electron chi connectivity index (χ0n) is 16.5. The van der Waals surface area contributed by atoms with Gasteiger partial charge in [0.25, 0.3) is 0 Å². The van der Waals surface area contributed by atoms with E-state index in [-0.39, 0.29) is 23.7 Å². The van der Waals surface area contributed by atoms with Gasteiger partial charge in [0.1, 0.15) is 5.75 Å². The molecular formula is C22H25F2N3O3. The van der Waals surface area contributed by atoms with Gasteiger partial charge in [-0.2, -0.15) is 8.78 Å². The number of anilines is 1. The fourth-order valence-corrected chi connectivity index (χ4v) is 3.38. The minimum Gasteiger partial charge on any atom is -0.435 e. The molecule has 2 aromatic carbocycles. The van der Waals surface area contributed by atoms with Crippen molar-refractivity contribution in [1.29, 1.82) is 0 Å². The summed E-state index contributed by atoms with van der Waals surface area (Å²) in [5, 5.41) is 5.73. The molecule has 30 heavy (non-hydrogen) atoms. The van der Waals surface area contributed by atoms with Crippen LogP contribution in [-0.2, 0) is 11.2 Å². The van der Waals surface area contributed by atoms with Crippen molar-refractivity contribution < 1.29 is 23.1 Å². The Bertz CT molecular complexity index is 841. The van der Waals surface area contributed by atoms with Crippen molar-refractivity contribution in [3.63, 3.8) is 0 Å². The van der Waals surface area contributed by atoms with Crippen LogP contribution in [0.3, 0.4) is 0 Å². The molecule has 0 atom stereocenters. The average Bonchev–Trinajstić information content (AvgIpc) is 2.73. The molecule has 6 nitrogen and oxygen atoms in total. The van der Waals surface area contributed by atoms with E-state index in [2.05, 4.69) is 15.4 Å². The normalized spacial score (nSPS) is 14.4. The van der Waals surface area contributed by atoms with Crippen molar-refractivity contribution in [1.82, 2.24) is 10.2 Å². The molecule has 2 N–H and O–H groups in total. The molecule has 0 radical (unpaired) electrons. The summed E-state index contributed by atoms with van der Waals surface area (Å²) in [6.07, 6.45) is 2.46. The number of carbonyl (C=O) groups excluding carboxylic acids is 2. The van der Waals surface area contributed by atoms with Gasteiger partial charge < -0.3 is 20.3 Å². The number of hydrogen-bond donors (Lipinski definition) is 2. The lowest BCUT2D eigenvalue weighted by molar-refractivity contribution is -0.122. The van der Waals surface area contributed by atoms with Crippen LogP contribution in [0.5, 0.6) is 5.75 Å². The van der Waals surface area contributed by atoms with E-state index < -0.39 is 6.61 Å². The highest BCUT2D eigenvalue weighted by Gasteiger charge is 2.24. The molecule has 0 aliphatic carbocycles. The van der Waals surface area contributed by atoms with Crippen LogP contribution in [0, 0.1) is 0 Å². The molecule has 1 fully saturated rings. The summed E-state index contributed by atoms with van der Waals surface area (Å²) in [5.41, 5.74) is 1.51. The summed E-state index contributed by atoms with van der Waals surface area (Å²) < 4.78 is 29.0. The number of halogens is 2. The zero-order chi connectivity index (χ0) is 21.3. The highest BCUT2D eigenvalue weighted by atomic mass is 19.3. The standard InChI is InChI=1S/C22H25F2N3O3/c23-21(24)30-19-8-4-7-18(15-19)26-22(29)27-13-11-17(12-14-27)25-20(28)10-9-16-5-2-1-3-6-16/h1-8,15,17,21H,9-14H2,(H,25,28)(H,26,29). The molecule has 1 saturated heterocycles. The van der Waals surface area contributed by atoms with E-state index in [9.17, 15) is 18.4 Å². The van der Waals surface area contributed by atoms with E-state index in [1.807, 2.05) is 30.3 Å². The van der Waals surface area contributed by atoms with Crippen molar-refractivity contribution >= 4 is 17.6 Å². The Labute approximate surface area is 174 Å². The Hall–Kier alpha value is -3.16. The minimum atomic E-state index is -2.92. The Morgan fingerprint density at radius 2 is 1.80 bits per heavy atom. The Morgan fingerprint density at radius 1 is 1.07 bits per heavy atom. The Morgan fingerprint density at radius 3 is 2.50 bits per heavy atom. The van der Waals surface area contributed by atoms with Gasteiger partial charge in [0.15, 0.2) is 0 Å². The van der Waals surface area contributed by atoms with Gasteiger partial charge in [-0.1, -0.05) is 36.4 Å². The maximum atomic E-state index is 12.4. The molecule has 1 heterocycles. The smallest absolute Gasteiger partial charge is 0.387 e. The summed E-state index contributed by atoms with van der Waals surface area (Å²) in [7, 11) is 0. The van der Waals surface area contributed by atoms with Crippen LogP contribution < -0.4 is 15.4 Å². The molecule has 2 aromatic rings. The first-order chi connectivity index (χ1) is 14.5. The van der Waals surface area contributed by atoms with E-state index in [0.29, 0.717) is 44.5 Å². The second-order valence-corrected chi connectivity index (χ2v) is 7.15. The van der Waals surface area contributed by atoms with Crippen LogP contribution in [-0.4, -0.2) is 42.6 Å². The van der Waals surface area contributed by atoms with Crippen LogP contribution in [0.2, 0.25) is 0 Å². The minimum absolute atomic E-state index is 0.0117. The molecule has 3 amide bonds. The zero-order valence-corrected chi connectivity index (χ0v) is 16.5. The van der Waals surface area contributed by atoms with Crippen molar-refractivity contribution in [3.8, 4) is 5.75 Å². The number of rotatable bonds is 7. The van der Waals surface area contributed by atoms with Crippen LogP contribution in [0.15, 0.2) is 54.6 Å². The maximum Gasteiger partial charge on any atom is 0.387 e. The quantitative estimate of drug-likeness (QED) is 0.715. The van der Waals surface area contributed by atoms with E-state index in [4.69, 9.17) is 0 Å². The fraction of sp³-hybridized carbons (Fsp3) is 0.364. The number of benzene rings is 2. The van der Waals surface area contributed by atoms with E-state index in [1.54, 1.807) is 11.0 Å². The van der Waals surface area contributed by atoms with E-state index in [0.717, 1.165) is 5.56 Å². The first-order valence-electron chi connectivity index (χ1n) is 9.93. The molecule has 0 unspecified atom stereocenters. The monoisotopic (exact) mass is 417 g/mol. The number of urea groups is 1. The van der Waals surface area contributed by atoms with Crippen LogP contribution in [0.1, 0.15) is 24.8 Å². The van der Waals surface area contributed by atoms with Gasteiger partial charge in [0, 0.05) is 37.3 Å². The fourth-order valence-electron chi connectivity index (χ4n) is 3.38. The number of nitrogens with zero attached hydrogens (tertiary/aromatic N) is 1. The van der Waals surface area contributed by atoms with Crippen molar-refractivity contribution in [2.24, 2.45) is 0 Å². The lowest BCUT2D eigenvalue weighted by Gasteiger charge is -2.32. The van der Waals surface area contributed by atoms with Gasteiger partial charge in [-0.05, 0) is 37.0 Å². The van der Waals surface area contributed by atoms with Crippen molar-refractivity contribution in [3.05, 3.63) is 60.2 Å². The molecule has 0 aromatic heterocycles. The molecule has 0 spiro atoms. The van der Waals surface area contributed by atoms with Gasteiger partial charge >= 0.3 is 12.6 Å². The third-order valence-electron chi connectivity index (χ3n) is 4.94. The predicted molar refractivity (Wildman–Crippen MR) is 110 cm³/mol. The number of aryl methyl sites for hydroxylation is 1. The third kappa shape index (κ3) is 6.72. The molecule has 1 aliphatic rings. The topological polar surface area (TPSA) is 70.7 Å². The number of hydrogen-bond acceptors (Lipinski definition) is 3. The SMILES string of the molecule is O=C(CCc1ccccc1)NC1CCN(C(=O)Nc2cccc(OC(F)F)c2)CC1. The van der Waals surface area contributed by atoms with Crippen LogP contribution in [0.4, 0.5) is 19.3 Å². The van der Waals surface area contributed by atoms with E-state index >= 15 is 0 Å². The van der Waals surface area contributed by atoms with E-state index in [1.165, 1.54) is 18.2 Å². The number of ether oxygens (including phenoxy) is 1. The van der Waals surface area contributed by atoms with Crippen molar-refractivity contribution in [2.75, 3.05) is 18.4 Å². The number of amides is 3. The summed E-state index contributed by atoms with van der Waals surface area (Å²) in [4.78, 5) is 26.3. The Kier molecular flexibility index (Phi) is 7.59. The molecular weight excluding hydrogens is 392 g/mol. The molecule has 0 saturated carbocycles. The highest BCUT2D eigenvalue weighted by Crippen LogP contribution is 2.20. The summed E-state index contributed by atoms with van der Waals surface area (Å²) in [6, 6.07) is 15.5. The molecule has 3 rings (SSSR count). The first kappa shape index (κ1) is 21.5. The van der Waals surface area contributed by atoms with Crippen LogP contribution >= 0.6 is 0 Å². The van der Waals surface area contributed by atoms with Gasteiger partial charge in [0.2, 0.25) is 5.91 Å². The lowest BCUT2D eigenvalue weighted by Crippen LogP contribution is -2.47. The van der Waals surface area contributed by atoms with Gasteiger partial charge in [-0.25, -0.2) is 4.79 Å². The summed E-state index contributed by atoms with van der Waals surface area (Å²) >= 11 is 0. The van der Waals surface area contributed by atoms with Gasteiger partial charge in [0.05, 0.1) is 0 Å². The Balaban J connectivity index is 1.40. The molecule has 1 aliphatic heterocycles. The molecule has 0 bridgehead atoms. The van der Waals surface area contributed by atoms with Gasteiger partial charge in [-0.15, -0.1) is 0 Å². The maximum absolute atomic E-state index is 12.4. The number of nitrogens with one attached hydrogen (secondary N) is 2. The second-order valence-electron chi connectivity index (χ2n) is 7.15. The second kappa shape index (κ2) is 10.6. The summed E-state index contributed by atoms with van der Waals surface area (Å²) in [6.45, 7) is -1.91. The number of alkyl halides is 2. The summed E-state index contributed by atoms with van der Waals surface area (Å²) in [5.74, 6) is -0.00248.